The Bertz CT molecular complexity index is 548. The van der Waals surface area contributed by atoms with E-state index in [-0.39, 0.29) is 12.1 Å². The molecule has 0 amide bonds. The van der Waals surface area contributed by atoms with Crippen LogP contribution in [0.25, 0.3) is 0 Å². The third-order valence-corrected chi connectivity index (χ3v) is 3.18. The number of hydrogen-bond donors (Lipinski definition) is 1. The highest BCUT2D eigenvalue weighted by molar-refractivity contribution is 5.27. The zero-order valence-electron chi connectivity index (χ0n) is 11.2. The molecule has 108 valence electrons. The highest BCUT2D eigenvalue weighted by atomic mass is 19.4. The molecular weight excluding hydrogens is 267 g/mol. The summed E-state index contributed by atoms with van der Waals surface area (Å²) in [5.41, 5.74) is -0.0347. The molecule has 5 heteroatoms. The molecule has 2 nitrogen and oxygen atoms in total. The zero-order valence-corrected chi connectivity index (χ0v) is 11.2. The minimum Gasteiger partial charge on any atom is -0.468 e. The lowest BCUT2D eigenvalue weighted by Gasteiger charge is -2.20. The van der Waals surface area contributed by atoms with Crippen LogP contribution in [0.2, 0.25) is 0 Å². The molecule has 1 aromatic carbocycles. The molecule has 20 heavy (non-hydrogen) atoms. The highest BCUT2D eigenvalue weighted by Crippen LogP contribution is 2.31. The summed E-state index contributed by atoms with van der Waals surface area (Å²) in [7, 11) is 0. The first-order chi connectivity index (χ1) is 9.38. The van der Waals surface area contributed by atoms with Crippen molar-refractivity contribution in [2.75, 3.05) is 0 Å². The van der Waals surface area contributed by atoms with Gasteiger partial charge in [-0.3, -0.25) is 0 Å². The van der Waals surface area contributed by atoms with Gasteiger partial charge in [-0.15, -0.1) is 0 Å². The van der Waals surface area contributed by atoms with Crippen molar-refractivity contribution in [2.45, 2.75) is 32.1 Å². The Labute approximate surface area is 115 Å². The van der Waals surface area contributed by atoms with Gasteiger partial charge in [-0.1, -0.05) is 12.1 Å². The van der Waals surface area contributed by atoms with Gasteiger partial charge in [0.05, 0.1) is 17.9 Å². The topological polar surface area (TPSA) is 25.2 Å². The summed E-state index contributed by atoms with van der Waals surface area (Å²) in [5.74, 6) is 0.754. The molecule has 2 aromatic rings. The Morgan fingerprint density at radius 3 is 2.40 bits per heavy atom. The maximum Gasteiger partial charge on any atom is 0.416 e. The molecule has 0 saturated carbocycles. The SMILES string of the molecule is CC(NC(C)c1ccco1)c1cccc(C(F)(F)F)c1. The van der Waals surface area contributed by atoms with Crippen molar-refractivity contribution in [1.82, 2.24) is 5.32 Å². The molecule has 0 aliphatic rings. The Morgan fingerprint density at radius 1 is 1.05 bits per heavy atom. The molecule has 0 bridgehead atoms. The van der Waals surface area contributed by atoms with Crippen LogP contribution >= 0.6 is 0 Å². The molecule has 1 heterocycles. The van der Waals surface area contributed by atoms with Crippen molar-refractivity contribution in [2.24, 2.45) is 0 Å². The number of rotatable bonds is 4. The second kappa shape index (κ2) is 5.71. The van der Waals surface area contributed by atoms with Crippen LogP contribution in [0.3, 0.4) is 0 Å². The van der Waals surface area contributed by atoms with Crippen LogP contribution in [0.1, 0.15) is 42.8 Å². The lowest BCUT2D eigenvalue weighted by Crippen LogP contribution is -2.22. The Morgan fingerprint density at radius 2 is 1.80 bits per heavy atom. The Balaban J connectivity index is 2.11. The summed E-state index contributed by atoms with van der Waals surface area (Å²) in [6.45, 7) is 3.73. The largest absolute Gasteiger partial charge is 0.468 e. The van der Waals surface area contributed by atoms with E-state index >= 15 is 0 Å². The second-order valence-electron chi connectivity index (χ2n) is 4.75. The van der Waals surface area contributed by atoms with Crippen molar-refractivity contribution in [1.29, 1.82) is 0 Å². The van der Waals surface area contributed by atoms with E-state index in [0.717, 1.165) is 11.8 Å². The van der Waals surface area contributed by atoms with Gasteiger partial charge < -0.3 is 9.73 Å². The van der Waals surface area contributed by atoms with Gasteiger partial charge >= 0.3 is 6.18 Å². The van der Waals surface area contributed by atoms with Gasteiger partial charge in [0.15, 0.2) is 0 Å². The predicted molar refractivity (Wildman–Crippen MR) is 70.1 cm³/mol. The second-order valence-corrected chi connectivity index (χ2v) is 4.75. The van der Waals surface area contributed by atoms with E-state index in [1.165, 1.54) is 12.1 Å². The smallest absolute Gasteiger partial charge is 0.416 e. The molecule has 0 aliphatic carbocycles. The van der Waals surface area contributed by atoms with Crippen LogP contribution < -0.4 is 5.32 Å². The maximum atomic E-state index is 12.7. The van der Waals surface area contributed by atoms with Gasteiger partial charge in [0.2, 0.25) is 0 Å². The van der Waals surface area contributed by atoms with Gasteiger partial charge in [-0.2, -0.15) is 13.2 Å². The summed E-state index contributed by atoms with van der Waals surface area (Å²) in [6, 6.07) is 8.68. The zero-order chi connectivity index (χ0) is 14.8. The molecule has 0 radical (unpaired) electrons. The standard InChI is InChI=1S/C15H16F3NO/c1-10(19-11(2)14-7-4-8-20-14)12-5-3-6-13(9-12)15(16,17)18/h3-11,19H,1-2H3. The van der Waals surface area contributed by atoms with Crippen LogP contribution in [-0.4, -0.2) is 0 Å². The molecular formula is C15H16F3NO. The molecule has 0 spiro atoms. The fraction of sp³-hybridized carbons (Fsp3) is 0.333. The number of halogens is 3. The molecule has 0 saturated heterocycles. The molecule has 2 unspecified atom stereocenters. The van der Waals surface area contributed by atoms with Crippen molar-refractivity contribution in [3.8, 4) is 0 Å². The van der Waals surface area contributed by atoms with Gasteiger partial charge in [-0.25, -0.2) is 0 Å². The fourth-order valence-electron chi connectivity index (χ4n) is 2.08. The van der Waals surface area contributed by atoms with Crippen LogP contribution in [0.15, 0.2) is 47.1 Å². The minimum atomic E-state index is -4.32. The third kappa shape index (κ3) is 3.42. The quantitative estimate of drug-likeness (QED) is 0.879. The first kappa shape index (κ1) is 14.7. The Kier molecular flexibility index (Phi) is 4.18. The van der Waals surface area contributed by atoms with E-state index in [1.807, 2.05) is 19.9 Å². The van der Waals surface area contributed by atoms with E-state index in [1.54, 1.807) is 18.4 Å². The number of nitrogens with one attached hydrogen (secondary N) is 1. The lowest BCUT2D eigenvalue weighted by atomic mass is 10.0. The molecule has 2 atom stereocenters. The maximum absolute atomic E-state index is 12.7. The van der Waals surface area contributed by atoms with Crippen LogP contribution in [0.4, 0.5) is 13.2 Å². The molecule has 0 fully saturated rings. The summed E-state index contributed by atoms with van der Waals surface area (Å²) >= 11 is 0. The molecule has 0 aliphatic heterocycles. The average molecular weight is 283 g/mol. The van der Waals surface area contributed by atoms with Crippen molar-refractivity contribution in [3.05, 3.63) is 59.5 Å². The van der Waals surface area contributed by atoms with Crippen molar-refractivity contribution < 1.29 is 17.6 Å². The van der Waals surface area contributed by atoms with Crippen molar-refractivity contribution >= 4 is 0 Å². The molecule has 1 aromatic heterocycles. The van der Waals surface area contributed by atoms with E-state index in [0.29, 0.717) is 5.56 Å². The fourth-order valence-corrected chi connectivity index (χ4v) is 2.08. The monoisotopic (exact) mass is 283 g/mol. The van der Waals surface area contributed by atoms with Crippen LogP contribution in [-0.2, 0) is 6.18 Å². The summed E-state index contributed by atoms with van der Waals surface area (Å²) in [6.07, 6.45) is -2.75. The van der Waals surface area contributed by atoms with Crippen LogP contribution in [0.5, 0.6) is 0 Å². The van der Waals surface area contributed by atoms with E-state index in [9.17, 15) is 13.2 Å². The third-order valence-electron chi connectivity index (χ3n) is 3.18. The van der Waals surface area contributed by atoms with E-state index in [4.69, 9.17) is 4.42 Å². The molecule has 2 rings (SSSR count). The van der Waals surface area contributed by atoms with E-state index < -0.39 is 11.7 Å². The van der Waals surface area contributed by atoms with Gasteiger partial charge in [0.1, 0.15) is 5.76 Å². The molecule has 1 N–H and O–H groups in total. The first-order valence-corrected chi connectivity index (χ1v) is 6.34. The number of hydrogen-bond acceptors (Lipinski definition) is 2. The average Bonchev–Trinajstić information content (AvgIpc) is 2.91. The number of benzene rings is 1. The normalized spacial score (nSPS) is 15.1. The Hall–Kier alpha value is -1.75. The van der Waals surface area contributed by atoms with E-state index in [2.05, 4.69) is 5.32 Å². The van der Waals surface area contributed by atoms with Crippen molar-refractivity contribution in [3.63, 3.8) is 0 Å². The van der Waals surface area contributed by atoms with Gasteiger partial charge in [0, 0.05) is 6.04 Å². The highest BCUT2D eigenvalue weighted by Gasteiger charge is 2.30. The number of furan rings is 1. The minimum absolute atomic E-state index is 0.0745. The van der Waals surface area contributed by atoms with Crippen LogP contribution in [0, 0.1) is 0 Å². The summed E-state index contributed by atoms with van der Waals surface area (Å²) in [4.78, 5) is 0. The van der Waals surface area contributed by atoms with Gasteiger partial charge in [-0.05, 0) is 43.7 Å². The summed E-state index contributed by atoms with van der Waals surface area (Å²) < 4.78 is 43.3. The lowest BCUT2D eigenvalue weighted by molar-refractivity contribution is -0.137. The number of alkyl halides is 3. The predicted octanol–water partition coefficient (Wildman–Crippen LogP) is 4.71. The summed E-state index contributed by atoms with van der Waals surface area (Å²) in [5, 5.41) is 3.22. The van der Waals surface area contributed by atoms with Gasteiger partial charge in [0.25, 0.3) is 0 Å². The first-order valence-electron chi connectivity index (χ1n) is 6.34.